The Bertz CT molecular complexity index is 783. The summed E-state index contributed by atoms with van der Waals surface area (Å²) in [5.41, 5.74) is 1.52. The van der Waals surface area contributed by atoms with Gasteiger partial charge >= 0.3 is 0 Å². The average Bonchev–Trinajstić information content (AvgIpc) is 3.31. The topological polar surface area (TPSA) is 56.8 Å². The molecular formula is C19H19NO4. The van der Waals surface area contributed by atoms with E-state index in [2.05, 4.69) is 5.32 Å². The molecule has 1 amide bonds. The summed E-state index contributed by atoms with van der Waals surface area (Å²) in [6.07, 6.45) is 1.70. The largest absolute Gasteiger partial charge is 0.496 e. The zero-order chi connectivity index (χ0) is 16.6. The van der Waals surface area contributed by atoms with Crippen molar-refractivity contribution in [3.63, 3.8) is 0 Å². The third-order valence-corrected chi connectivity index (χ3v) is 4.74. The van der Waals surface area contributed by atoms with Gasteiger partial charge < -0.3 is 19.5 Å². The van der Waals surface area contributed by atoms with Crippen molar-refractivity contribution in [1.82, 2.24) is 5.32 Å². The molecule has 1 aliphatic carbocycles. The fourth-order valence-corrected chi connectivity index (χ4v) is 3.16. The van der Waals surface area contributed by atoms with E-state index in [4.69, 9.17) is 14.2 Å². The highest BCUT2D eigenvalue weighted by atomic mass is 16.7. The molecule has 1 fully saturated rings. The summed E-state index contributed by atoms with van der Waals surface area (Å²) >= 11 is 0. The van der Waals surface area contributed by atoms with Gasteiger partial charge in [0, 0.05) is 12.1 Å². The van der Waals surface area contributed by atoms with Gasteiger partial charge in [-0.2, -0.15) is 0 Å². The first-order chi connectivity index (χ1) is 11.7. The Kier molecular flexibility index (Phi) is 3.56. The van der Waals surface area contributed by atoms with Crippen LogP contribution in [0.4, 0.5) is 0 Å². The lowest BCUT2D eigenvalue weighted by molar-refractivity contribution is -0.123. The zero-order valence-corrected chi connectivity index (χ0v) is 13.5. The second-order valence-electron chi connectivity index (χ2n) is 6.14. The monoisotopic (exact) mass is 325 g/mol. The molecule has 0 unspecified atom stereocenters. The van der Waals surface area contributed by atoms with Crippen molar-refractivity contribution < 1.29 is 19.0 Å². The molecule has 24 heavy (non-hydrogen) atoms. The predicted molar refractivity (Wildman–Crippen MR) is 88.3 cm³/mol. The molecule has 2 aromatic rings. The Morgan fingerprint density at radius 1 is 1.17 bits per heavy atom. The smallest absolute Gasteiger partial charge is 0.231 e. The van der Waals surface area contributed by atoms with E-state index in [-0.39, 0.29) is 12.7 Å². The van der Waals surface area contributed by atoms with Crippen LogP contribution in [0.1, 0.15) is 24.0 Å². The summed E-state index contributed by atoms with van der Waals surface area (Å²) in [5, 5.41) is 3.05. The molecule has 0 aromatic heterocycles. The fourth-order valence-electron chi connectivity index (χ4n) is 3.16. The summed E-state index contributed by atoms with van der Waals surface area (Å²) in [4.78, 5) is 12.8. The van der Waals surface area contributed by atoms with Crippen molar-refractivity contribution in [3.05, 3.63) is 53.6 Å². The first-order valence-electron chi connectivity index (χ1n) is 8.03. The maximum atomic E-state index is 12.8. The number of nitrogens with one attached hydrogen (secondary N) is 1. The van der Waals surface area contributed by atoms with Crippen LogP contribution in [0.2, 0.25) is 0 Å². The quantitative estimate of drug-likeness (QED) is 0.918. The standard InChI is InChI=1S/C19H19NO4/c1-22-15-5-3-2-4-13(15)11-20-18(21)19(8-9-19)14-6-7-16-17(10-14)24-12-23-16/h2-7,10H,8-9,11-12H2,1H3,(H,20,21). The van der Waals surface area contributed by atoms with Crippen molar-refractivity contribution in [2.75, 3.05) is 13.9 Å². The second-order valence-corrected chi connectivity index (χ2v) is 6.14. The summed E-state index contributed by atoms with van der Waals surface area (Å²) in [6.45, 7) is 0.695. The van der Waals surface area contributed by atoms with Gasteiger partial charge in [-0.1, -0.05) is 24.3 Å². The minimum absolute atomic E-state index is 0.0484. The number of carbonyl (C=O) groups excluding carboxylic acids is 1. The summed E-state index contributed by atoms with van der Waals surface area (Å²) in [7, 11) is 1.63. The van der Waals surface area contributed by atoms with Crippen LogP contribution >= 0.6 is 0 Å². The van der Waals surface area contributed by atoms with Crippen LogP contribution in [0.25, 0.3) is 0 Å². The van der Waals surface area contributed by atoms with Gasteiger partial charge in [0.1, 0.15) is 5.75 Å². The molecule has 1 saturated carbocycles. The van der Waals surface area contributed by atoms with Crippen molar-refractivity contribution in [2.45, 2.75) is 24.8 Å². The minimum atomic E-state index is -0.441. The number of hydrogen-bond donors (Lipinski definition) is 1. The van der Waals surface area contributed by atoms with Crippen LogP contribution in [0, 0.1) is 0 Å². The maximum absolute atomic E-state index is 12.8. The van der Waals surface area contributed by atoms with Crippen LogP contribution in [0.5, 0.6) is 17.2 Å². The molecule has 4 rings (SSSR count). The molecule has 1 aliphatic heterocycles. The highest BCUT2D eigenvalue weighted by molar-refractivity contribution is 5.91. The van der Waals surface area contributed by atoms with E-state index in [1.54, 1.807) is 7.11 Å². The number of benzene rings is 2. The lowest BCUT2D eigenvalue weighted by Crippen LogP contribution is -2.34. The summed E-state index contributed by atoms with van der Waals surface area (Å²) in [6, 6.07) is 13.5. The lowest BCUT2D eigenvalue weighted by atomic mass is 9.94. The van der Waals surface area contributed by atoms with Gasteiger partial charge in [0.15, 0.2) is 11.5 Å². The minimum Gasteiger partial charge on any atom is -0.496 e. The van der Waals surface area contributed by atoms with Gasteiger partial charge in [0.05, 0.1) is 12.5 Å². The number of ether oxygens (including phenoxy) is 3. The van der Waals surface area contributed by atoms with Gasteiger partial charge in [-0.3, -0.25) is 4.79 Å². The van der Waals surface area contributed by atoms with Gasteiger partial charge in [-0.15, -0.1) is 0 Å². The van der Waals surface area contributed by atoms with Crippen molar-refractivity contribution in [2.24, 2.45) is 0 Å². The first kappa shape index (κ1) is 14.9. The molecular weight excluding hydrogens is 306 g/mol. The normalized spacial score (nSPS) is 16.5. The molecule has 0 saturated heterocycles. The summed E-state index contributed by atoms with van der Waals surface area (Å²) < 4.78 is 16.1. The predicted octanol–water partition coefficient (Wildman–Crippen LogP) is 2.77. The molecule has 1 heterocycles. The zero-order valence-electron chi connectivity index (χ0n) is 13.5. The molecule has 0 bridgehead atoms. The first-order valence-corrected chi connectivity index (χ1v) is 8.03. The fraction of sp³-hybridized carbons (Fsp3) is 0.316. The molecule has 0 spiro atoms. The number of hydrogen-bond acceptors (Lipinski definition) is 4. The number of carbonyl (C=O) groups is 1. The Labute approximate surface area is 140 Å². The highest BCUT2D eigenvalue weighted by Gasteiger charge is 2.51. The third-order valence-electron chi connectivity index (χ3n) is 4.74. The molecule has 0 radical (unpaired) electrons. The lowest BCUT2D eigenvalue weighted by Gasteiger charge is -2.17. The van der Waals surface area contributed by atoms with Crippen molar-refractivity contribution in [3.8, 4) is 17.2 Å². The van der Waals surface area contributed by atoms with Crippen molar-refractivity contribution >= 4 is 5.91 Å². The molecule has 2 aliphatic rings. The molecule has 5 heteroatoms. The Morgan fingerprint density at radius 2 is 1.96 bits per heavy atom. The van der Waals surface area contributed by atoms with Crippen LogP contribution in [0.3, 0.4) is 0 Å². The third kappa shape index (κ3) is 2.46. The number of amides is 1. The van der Waals surface area contributed by atoms with Gasteiger partial charge in [0.25, 0.3) is 0 Å². The van der Waals surface area contributed by atoms with Crippen LogP contribution in [-0.4, -0.2) is 19.8 Å². The molecule has 5 nitrogen and oxygen atoms in total. The van der Waals surface area contributed by atoms with E-state index in [0.29, 0.717) is 6.54 Å². The molecule has 124 valence electrons. The molecule has 2 aromatic carbocycles. The van der Waals surface area contributed by atoms with E-state index in [1.807, 2.05) is 42.5 Å². The SMILES string of the molecule is COc1ccccc1CNC(=O)C1(c2ccc3c(c2)OCO3)CC1. The van der Waals surface area contributed by atoms with Gasteiger partial charge in [-0.05, 0) is 36.6 Å². The van der Waals surface area contributed by atoms with E-state index < -0.39 is 5.41 Å². The Balaban J connectivity index is 1.50. The number of methoxy groups -OCH3 is 1. The highest BCUT2D eigenvalue weighted by Crippen LogP contribution is 2.50. The van der Waals surface area contributed by atoms with Gasteiger partial charge in [-0.25, -0.2) is 0 Å². The van der Waals surface area contributed by atoms with E-state index in [9.17, 15) is 4.79 Å². The average molecular weight is 325 g/mol. The van der Waals surface area contributed by atoms with Crippen molar-refractivity contribution in [1.29, 1.82) is 0 Å². The van der Waals surface area contributed by atoms with E-state index >= 15 is 0 Å². The number of fused-ring (bicyclic) bond motifs is 1. The van der Waals surface area contributed by atoms with Crippen LogP contribution in [-0.2, 0) is 16.8 Å². The van der Waals surface area contributed by atoms with E-state index in [0.717, 1.165) is 41.2 Å². The van der Waals surface area contributed by atoms with Crippen LogP contribution < -0.4 is 19.5 Å². The molecule has 1 N–H and O–H groups in total. The second kappa shape index (κ2) is 5.74. The summed E-state index contributed by atoms with van der Waals surface area (Å²) in [5.74, 6) is 2.29. The Hall–Kier alpha value is -2.69. The number of rotatable bonds is 5. The Morgan fingerprint density at radius 3 is 2.75 bits per heavy atom. The number of para-hydroxylation sites is 1. The van der Waals surface area contributed by atoms with E-state index in [1.165, 1.54) is 0 Å². The maximum Gasteiger partial charge on any atom is 0.231 e. The molecule has 0 atom stereocenters. The van der Waals surface area contributed by atoms with Crippen LogP contribution in [0.15, 0.2) is 42.5 Å². The van der Waals surface area contributed by atoms with Gasteiger partial charge in [0.2, 0.25) is 12.7 Å².